The van der Waals surface area contributed by atoms with Crippen LogP contribution in [-0.4, -0.2) is 33.6 Å². The molecule has 0 bridgehead atoms. The number of hydrogen-bond acceptors (Lipinski definition) is 4. The Morgan fingerprint density at radius 3 is 2.68 bits per heavy atom. The van der Waals surface area contributed by atoms with Crippen molar-refractivity contribution in [2.75, 3.05) is 12.4 Å². The molecule has 1 aromatic carbocycles. The SMILES string of the molecule is CNC(=O)c1cc(Cl)cc(C)c1NC(=O)C(F)=Cc1cc(Br)nn1-c1ncccc1Cl. The number of anilines is 1. The van der Waals surface area contributed by atoms with Crippen LogP contribution in [0.2, 0.25) is 10.0 Å². The molecule has 0 aliphatic carbocycles. The number of nitrogens with zero attached hydrogens (tertiary/aromatic N) is 3. The summed E-state index contributed by atoms with van der Waals surface area (Å²) in [6, 6.07) is 7.70. The van der Waals surface area contributed by atoms with Crippen LogP contribution in [0.25, 0.3) is 11.9 Å². The van der Waals surface area contributed by atoms with Gasteiger partial charge in [0.05, 0.1) is 22.0 Å². The Kier molecular flexibility index (Phi) is 7.09. The van der Waals surface area contributed by atoms with Crippen molar-refractivity contribution in [3.63, 3.8) is 0 Å². The minimum atomic E-state index is -1.11. The summed E-state index contributed by atoms with van der Waals surface area (Å²) in [6.45, 7) is 1.64. The summed E-state index contributed by atoms with van der Waals surface area (Å²) in [4.78, 5) is 28.8. The molecule has 0 aliphatic heterocycles. The van der Waals surface area contributed by atoms with E-state index in [0.717, 1.165) is 6.08 Å². The fraction of sp³-hybridized carbons (Fsp3) is 0.100. The van der Waals surface area contributed by atoms with Crippen molar-refractivity contribution in [2.24, 2.45) is 0 Å². The van der Waals surface area contributed by atoms with Gasteiger partial charge in [0.15, 0.2) is 11.6 Å². The molecule has 0 radical (unpaired) electrons. The monoisotopic (exact) mass is 525 g/mol. The molecule has 7 nitrogen and oxygen atoms in total. The van der Waals surface area contributed by atoms with Crippen LogP contribution in [0.1, 0.15) is 21.6 Å². The quantitative estimate of drug-likeness (QED) is 0.460. The van der Waals surface area contributed by atoms with Gasteiger partial charge in [-0.3, -0.25) is 9.59 Å². The first kappa shape index (κ1) is 22.9. The van der Waals surface area contributed by atoms with Gasteiger partial charge < -0.3 is 10.6 Å². The third-order valence-corrected chi connectivity index (χ3v) is 5.05. The van der Waals surface area contributed by atoms with E-state index in [1.165, 1.54) is 30.1 Å². The van der Waals surface area contributed by atoms with Gasteiger partial charge in [-0.1, -0.05) is 23.2 Å². The molecule has 0 saturated carbocycles. The molecule has 3 rings (SSSR count). The van der Waals surface area contributed by atoms with Crippen molar-refractivity contribution in [3.05, 3.63) is 73.8 Å². The normalized spacial score (nSPS) is 11.4. The molecule has 160 valence electrons. The summed E-state index contributed by atoms with van der Waals surface area (Å²) in [5.41, 5.74) is 0.987. The third-order valence-electron chi connectivity index (χ3n) is 4.15. The number of rotatable bonds is 5. The van der Waals surface area contributed by atoms with Crippen LogP contribution in [0.5, 0.6) is 0 Å². The largest absolute Gasteiger partial charge is 0.355 e. The molecule has 11 heteroatoms. The predicted molar refractivity (Wildman–Crippen MR) is 121 cm³/mol. The number of carbonyl (C=O) groups excluding carboxylic acids is 2. The zero-order valence-corrected chi connectivity index (χ0v) is 19.3. The highest BCUT2D eigenvalue weighted by Gasteiger charge is 2.19. The minimum absolute atomic E-state index is 0.113. The zero-order chi connectivity index (χ0) is 22.7. The van der Waals surface area contributed by atoms with E-state index in [9.17, 15) is 14.0 Å². The molecule has 0 aliphatic rings. The average molecular weight is 527 g/mol. The van der Waals surface area contributed by atoms with Crippen molar-refractivity contribution in [2.45, 2.75) is 6.92 Å². The fourth-order valence-electron chi connectivity index (χ4n) is 2.76. The number of amides is 2. The Labute approximate surface area is 195 Å². The Balaban J connectivity index is 1.96. The molecule has 0 spiro atoms. The van der Waals surface area contributed by atoms with E-state index >= 15 is 0 Å². The molecule has 0 saturated heterocycles. The van der Waals surface area contributed by atoms with Gasteiger partial charge in [0.25, 0.3) is 11.8 Å². The van der Waals surface area contributed by atoms with E-state index in [1.807, 2.05) is 0 Å². The molecule has 2 aromatic heterocycles. The van der Waals surface area contributed by atoms with Gasteiger partial charge in [0.2, 0.25) is 0 Å². The van der Waals surface area contributed by atoms with Crippen molar-refractivity contribution in [1.29, 1.82) is 0 Å². The lowest BCUT2D eigenvalue weighted by atomic mass is 10.1. The molecular formula is C20H15BrCl2FN5O2. The summed E-state index contributed by atoms with van der Waals surface area (Å²) in [7, 11) is 1.44. The standard InChI is InChI=1S/C20H15BrCl2FN5O2/c1-10-6-11(22)7-13(19(30)25-2)17(10)27-20(31)15(24)8-12-9-16(21)28-29(12)18-14(23)4-3-5-26-18/h3-9H,1-2H3,(H,25,30)(H,27,31). The molecule has 31 heavy (non-hydrogen) atoms. The lowest BCUT2D eigenvalue weighted by molar-refractivity contribution is -0.114. The van der Waals surface area contributed by atoms with Gasteiger partial charge in [-0.15, -0.1) is 0 Å². The third kappa shape index (κ3) is 5.12. The summed E-state index contributed by atoms with van der Waals surface area (Å²) in [5, 5.41) is 9.69. The Morgan fingerprint density at radius 2 is 2.00 bits per heavy atom. The number of nitrogens with one attached hydrogen (secondary N) is 2. The Hall–Kier alpha value is -2.75. The zero-order valence-electron chi connectivity index (χ0n) is 16.2. The minimum Gasteiger partial charge on any atom is -0.355 e. The number of halogens is 4. The fourth-order valence-corrected chi connectivity index (χ4v) is 3.63. The highest BCUT2D eigenvalue weighted by molar-refractivity contribution is 9.10. The van der Waals surface area contributed by atoms with E-state index in [2.05, 4.69) is 36.6 Å². The second kappa shape index (κ2) is 9.59. The molecular weight excluding hydrogens is 512 g/mol. The number of pyridine rings is 1. The van der Waals surface area contributed by atoms with Gasteiger partial charge in [-0.05, 0) is 58.7 Å². The molecule has 0 fully saturated rings. The van der Waals surface area contributed by atoms with Crippen molar-refractivity contribution in [1.82, 2.24) is 20.1 Å². The van der Waals surface area contributed by atoms with E-state index < -0.39 is 17.6 Å². The molecule has 3 aromatic rings. The maximum absolute atomic E-state index is 14.8. The lowest BCUT2D eigenvalue weighted by Gasteiger charge is -2.13. The van der Waals surface area contributed by atoms with Gasteiger partial charge in [0.1, 0.15) is 4.60 Å². The smallest absolute Gasteiger partial charge is 0.284 e. The number of aromatic nitrogens is 3. The Morgan fingerprint density at radius 1 is 1.26 bits per heavy atom. The van der Waals surface area contributed by atoms with Crippen LogP contribution in [-0.2, 0) is 4.79 Å². The van der Waals surface area contributed by atoms with Gasteiger partial charge >= 0.3 is 0 Å². The Bertz CT molecular complexity index is 1210. The van der Waals surface area contributed by atoms with Crippen LogP contribution >= 0.6 is 39.1 Å². The molecule has 0 atom stereocenters. The number of benzene rings is 1. The van der Waals surface area contributed by atoms with Crippen LogP contribution in [0.3, 0.4) is 0 Å². The first-order valence-electron chi connectivity index (χ1n) is 8.78. The summed E-state index contributed by atoms with van der Waals surface area (Å²) >= 11 is 15.4. The summed E-state index contributed by atoms with van der Waals surface area (Å²) in [5.74, 6) is -2.37. The number of hydrogen-bond donors (Lipinski definition) is 2. The molecule has 0 unspecified atom stereocenters. The van der Waals surface area contributed by atoms with E-state index in [-0.39, 0.29) is 22.8 Å². The van der Waals surface area contributed by atoms with Crippen LogP contribution in [0.15, 0.2) is 47.0 Å². The second-order valence-corrected chi connectivity index (χ2v) is 7.94. The van der Waals surface area contributed by atoms with Crippen molar-refractivity contribution in [3.8, 4) is 5.82 Å². The van der Waals surface area contributed by atoms with Crippen molar-refractivity contribution >= 4 is 62.7 Å². The first-order valence-corrected chi connectivity index (χ1v) is 10.3. The van der Waals surface area contributed by atoms with Crippen LogP contribution in [0.4, 0.5) is 10.1 Å². The summed E-state index contributed by atoms with van der Waals surface area (Å²) in [6.07, 6.45) is 2.50. The highest BCUT2D eigenvalue weighted by atomic mass is 79.9. The molecule has 2 N–H and O–H groups in total. The first-order chi connectivity index (χ1) is 14.7. The van der Waals surface area contributed by atoms with Gasteiger partial charge in [-0.25, -0.2) is 14.1 Å². The maximum Gasteiger partial charge on any atom is 0.284 e. The van der Waals surface area contributed by atoms with Gasteiger partial charge in [0, 0.05) is 24.3 Å². The van der Waals surface area contributed by atoms with E-state index in [0.29, 0.717) is 20.2 Å². The van der Waals surface area contributed by atoms with Crippen molar-refractivity contribution < 1.29 is 14.0 Å². The molecule has 2 heterocycles. The van der Waals surface area contributed by atoms with Gasteiger partial charge in [-0.2, -0.15) is 5.10 Å². The highest BCUT2D eigenvalue weighted by Crippen LogP contribution is 2.27. The number of carbonyl (C=O) groups is 2. The average Bonchev–Trinajstić information content (AvgIpc) is 3.09. The molecule has 2 amide bonds. The topological polar surface area (TPSA) is 88.9 Å². The van der Waals surface area contributed by atoms with Crippen LogP contribution in [0, 0.1) is 6.92 Å². The number of aryl methyl sites for hydroxylation is 1. The van der Waals surface area contributed by atoms with E-state index in [4.69, 9.17) is 23.2 Å². The van der Waals surface area contributed by atoms with Crippen LogP contribution < -0.4 is 10.6 Å². The maximum atomic E-state index is 14.8. The van der Waals surface area contributed by atoms with E-state index in [1.54, 1.807) is 25.1 Å². The predicted octanol–water partition coefficient (Wildman–Crippen LogP) is 4.95. The lowest BCUT2D eigenvalue weighted by Crippen LogP contribution is -2.22. The summed E-state index contributed by atoms with van der Waals surface area (Å²) < 4.78 is 16.5. The second-order valence-electron chi connectivity index (χ2n) is 6.28.